The number of aldehydes is 1. The first-order chi connectivity index (χ1) is 9.13. The lowest BCUT2D eigenvalue weighted by Gasteiger charge is -2.09. The molecule has 0 bridgehead atoms. The maximum Gasteiger partial charge on any atom is 0.151 e. The zero-order valence-corrected chi connectivity index (χ0v) is 12.4. The lowest BCUT2D eigenvalue weighted by atomic mass is 10.2. The number of hydrogen-bond acceptors (Lipinski definition) is 3. The summed E-state index contributed by atoms with van der Waals surface area (Å²) < 4.78 is 11.6. The Morgan fingerprint density at radius 3 is 2.47 bits per heavy atom. The van der Waals surface area contributed by atoms with Crippen LogP contribution in [0, 0.1) is 0 Å². The normalized spacial score (nSPS) is 10.1. The van der Waals surface area contributed by atoms with Gasteiger partial charge in [0.15, 0.2) is 6.29 Å². The predicted octanol–water partition coefficient (Wildman–Crippen LogP) is 4.72. The van der Waals surface area contributed by atoms with Crippen LogP contribution in [-0.2, 0) is 0 Å². The van der Waals surface area contributed by atoms with Crippen LogP contribution in [-0.4, -0.2) is 13.4 Å². The van der Waals surface area contributed by atoms with E-state index in [1.165, 1.54) is 0 Å². The number of halogens is 2. The predicted molar refractivity (Wildman–Crippen MR) is 77.6 cm³/mol. The molecule has 0 spiro atoms. The zero-order valence-electron chi connectivity index (χ0n) is 10.0. The smallest absolute Gasteiger partial charge is 0.151 e. The zero-order chi connectivity index (χ0) is 13.8. The van der Waals surface area contributed by atoms with Crippen molar-refractivity contribution in [1.82, 2.24) is 0 Å². The molecule has 98 valence electrons. The van der Waals surface area contributed by atoms with Crippen molar-refractivity contribution >= 4 is 33.8 Å². The van der Waals surface area contributed by atoms with Crippen molar-refractivity contribution in [1.29, 1.82) is 0 Å². The molecule has 0 saturated heterocycles. The SMILES string of the molecule is COc1ccc(Oc2ccc(C=O)c(Cl)c2)c(Br)c1. The molecule has 2 aromatic rings. The van der Waals surface area contributed by atoms with Crippen LogP contribution in [0.5, 0.6) is 17.2 Å². The van der Waals surface area contributed by atoms with Crippen molar-refractivity contribution in [2.45, 2.75) is 0 Å². The number of benzene rings is 2. The molecule has 19 heavy (non-hydrogen) atoms. The standard InChI is InChI=1S/C14H10BrClO3/c1-18-10-4-5-14(12(15)6-10)19-11-3-2-9(8-17)13(16)7-11/h2-8H,1H3. The lowest BCUT2D eigenvalue weighted by Crippen LogP contribution is -1.89. The van der Waals surface area contributed by atoms with Crippen LogP contribution >= 0.6 is 27.5 Å². The maximum absolute atomic E-state index is 10.7. The molecular formula is C14H10BrClO3. The van der Waals surface area contributed by atoms with Gasteiger partial charge >= 0.3 is 0 Å². The van der Waals surface area contributed by atoms with Gasteiger partial charge in [0, 0.05) is 11.6 Å². The van der Waals surface area contributed by atoms with E-state index in [1.54, 1.807) is 43.5 Å². The first-order valence-corrected chi connectivity index (χ1v) is 6.57. The summed E-state index contributed by atoms with van der Waals surface area (Å²) in [6.45, 7) is 0. The van der Waals surface area contributed by atoms with Crippen LogP contribution in [0.15, 0.2) is 40.9 Å². The molecule has 2 rings (SSSR count). The highest BCUT2D eigenvalue weighted by Gasteiger charge is 2.06. The summed E-state index contributed by atoms with van der Waals surface area (Å²) in [7, 11) is 1.60. The second kappa shape index (κ2) is 6.08. The minimum atomic E-state index is 0.358. The molecule has 0 unspecified atom stereocenters. The molecule has 0 saturated carbocycles. The number of carbonyl (C=O) groups excluding carboxylic acids is 1. The summed E-state index contributed by atoms with van der Waals surface area (Å²) in [6.07, 6.45) is 0.704. The van der Waals surface area contributed by atoms with Gasteiger partial charge in [-0.3, -0.25) is 4.79 Å². The third-order valence-corrected chi connectivity index (χ3v) is 3.41. The van der Waals surface area contributed by atoms with Crippen LogP contribution in [0.2, 0.25) is 5.02 Å². The van der Waals surface area contributed by atoms with Gasteiger partial charge in [-0.2, -0.15) is 0 Å². The molecule has 0 atom stereocenters. The molecule has 0 aliphatic heterocycles. The van der Waals surface area contributed by atoms with Gasteiger partial charge in [0.2, 0.25) is 0 Å². The van der Waals surface area contributed by atoms with Crippen LogP contribution in [0.4, 0.5) is 0 Å². The van der Waals surface area contributed by atoms with Crippen LogP contribution in [0.3, 0.4) is 0 Å². The average Bonchev–Trinajstić information content (AvgIpc) is 2.41. The highest BCUT2D eigenvalue weighted by atomic mass is 79.9. The van der Waals surface area contributed by atoms with Crippen molar-refractivity contribution < 1.29 is 14.3 Å². The Hall–Kier alpha value is -1.52. The van der Waals surface area contributed by atoms with E-state index < -0.39 is 0 Å². The number of ether oxygens (including phenoxy) is 2. The Kier molecular flexibility index (Phi) is 4.45. The van der Waals surface area contributed by atoms with E-state index in [0.717, 1.165) is 10.2 Å². The van der Waals surface area contributed by atoms with Crippen molar-refractivity contribution in [3.8, 4) is 17.2 Å². The molecular weight excluding hydrogens is 332 g/mol. The second-order valence-electron chi connectivity index (χ2n) is 3.70. The molecule has 5 heteroatoms. The Labute approximate surface area is 124 Å². The summed E-state index contributed by atoms with van der Waals surface area (Å²) in [5, 5.41) is 0.358. The van der Waals surface area contributed by atoms with E-state index >= 15 is 0 Å². The van der Waals surface area contributed by atoms with Crippen molar-refractivity contribution in [2.75, 3.05) is 7.11 Å². The highest BCUT2D eigenvalue weighted by Crippen LogP contribution is 2.33. The molecule has 0 aromatic heterocycles. The van der Waals surface area contributed by atoms with E-state index in [9.17, 15) is 4.79 Å². The largest absolute Gasteiger partial charge is 0.497 e. The van der Waals surface area contributed by atoms with Gasteiger partial charge in [0.05, 0.1) is 16.6 Å². The molecule has 2 aromatic carbocycles. The van der Waals surface area contributed by atoms with Crippen molar-refractivity contribution in [3.05, 3.63) is 51.5 Å². The fraction of sp³-hybridized carbons (Fsp3) is 0.0714. The van der Waals surface area contributed by atoms with Crippen LogP contribution in [0.1, 0.15) is 10.4 Å². The maximum atomic E-state index is 10.7. The Morgan fingerprint density at radius 2 is 1.89 bits per heavy atom. The fourth-order valence-electron chi connectivity index (χ4n) is 1.49. The molecule has 0 radical (unpaired) electrons. The van der Waals surface area contributed by atoms with Gasteiger partial charge in [0.25, 0.3) is 0 Å². The number of carbonyl (C=O) groups is 1. The topological polar surface area (TPSA) is 35.5 Å². The van der Waals surface area contributed by atoms with Gasteiger partial charge < -0.3 is 9.47 Å². The summed E-state index contributed by atoms with van der Waals surface area (Å²) in [5.41, 5.74) is 0.433. The van der Waals surface area contributed by atoms with Gasteiger partial charge in [-0.05, 0) is 46.3 Å². The number of methoxy groups -OCH3 is 1. The van der Waals surface area contributed by atoms with Crippen LogP contribution in [0.25, 0.3) is 0 Å². The average molecular weight is 342 g/mol. The van der Waals surface area contributed by atoms with Gasteiger partial charge in [-0.1, -0.05) is 11.6 Å². The first kappa shape index (κ1) is 13.9. The van der Waals surface area contributed by atoms with Gasteiger partial charge in [-0.25, -0.2) is 0 Å². The molecule has 0 aliphatic carbocycles. The Morgan fingerprint density at radius 1 is 1.16 bits per heavy atom. The minimum absolute atomic E-state index is 0.358. The van der Waals surface area contributed by atoms with Crippen LogP contribution < -0.4 is 9.47 Å². The van der Waals surface area contributed by atoms with Gasteiger partial charge in [0.1, 0.15) is 17.2 Å². The fourth-order valence-corrected chi connectivity index (χ4v) is 2.14. The molecule has 0 aliphatic rings. The first-order valence-electron chi connectivity index (χ1n) is 5.40. The van der Waals surface area contributed by atoms with E-state index in [1.807, 2.05) is 0 Å². The summed E-state index contributed by atoms with van der Waals surface area (Å²) in [6, 6.07) is 10.3. The molecule has 0 N–H and O–H groups in total. The van der Waals surface area contributed by atoms with E-state index in [4.69, 9.17) is 21.1 Å². The third-order valence-electron chi connectivity index (χ3n) is 2.47. The molecule has 3 nitrogen and oxygen atoms in total. The molecule has 0 amide bonds. The van der Waals surface area contributed by atoms with Gasteiger partial charge in [-0.15, -0.1) is 0 Å². The number of rotatable bonds is 4. The lowest BCUT2D eigenvalue weighted by molar-refractivity contribution is 0.112. The quantitative estimate of drug-likeness (QED) is 0.755. The molecule has 0 heterocycles. The summed E-state index contributed by atoms with van der Waals surface area (Å²) >= 11 is 9.34. The minimum Gasteiger partial charge on any atom is -0.497 e. The van der Waals surface area contributed by atoms with Crippen molar-refractivity contribution in [2.24, 2.45) is 0 Å². The van der Waals surface area contributed by atoms with E-state index in [2.05, 4.69) is 15.9 Å². The molecule has 0 fully saturated rings. The van der Waals surface area contributed by atoms with Crippen molar-refractivity contribution in [3.63, 3.8) is 0 Å². The monoisotopic (exact) mass is 340 g/mol. The Balaban J connectivity index is 2.26. The Bertz CT molecular complexity index is 614. The van der Waals surface area contributed by atoms with E-state index in [0.29, 0.717) is 28.4 Å². The summed E-state index contributed by atoms with van der Waals surface area (Å²) in [4.78, 5) is 10.7. The number of hydrogen-bond donors (Lipinski definition) is 0. The highest BCUT2D eigenvalue weighted by molar-refractivity contribution is 9.10. The van der Waals surface area contributed by atoms with E-state index in [-0.39, 0.29) is 0 Å². The third kappa shape index (κ3) is 3.28. The summed E-state index contributed by atoms with van der Waals surface area (Å²) in [5.74, 6) is 1.92. The second-order valence-corrected chi connectivity index (χ2v) is 4.96.